The van der Waals surface area contributed by atoms with E-state index in [1.54, 1.807) is 17.8 Å². The number of nitrogens with zero attached hydrogens (tertiary/aromatic N) is 5. The van der Waals surface area contributed by atoms with Crippen LogP contribution in [-0.4, -0.2) is 64.3 Å². The SMILES string of the molecule is CCOC(=O)c1cnc2c(c(C)nn2C)c1N1CCCN(C(=O)C2CC2)CC1. The summed E-state index contributed by atoms with van der Waals surface area (Å²) >= 11 is 0. The Morgan fingerprint density at radius 2 is 2.00 bits per heavy atom. The van der Waals surface area contributed by atoms with Crippen molar-refractivity contribution in [1.82, 2.24) is 19.7 Å². The normalized spacial score (nSPS) is 17.7. The van der Waals surface area contributed by atoms with Gasteiger partial charge in [-0.1, -0.05) is 0 Å². The molecule has 0 bridgehead atoms. The summed E-state index contributed by atoms with van der Waals surface area (Å²) in [5, 5.41) is 5.39. The topological polar surface area (TPSA) is 80.6 Å². The number of ether oxygens (including phenoxy) is 1. The number of pyridine rings is 1. The molecule has 8 nitrogen and oxygen atoms in total. The third-order valence-corrected chi connectivity index (χ3v) is 5.55. The van der Waals surface area contributed by atoms with E-state index in [9.17, 15) is 9.59 Å². The van der Waals surface area contributed by atoms with Gasteiger partial charge in [-0.2, -0.15) is 5.10 Å². The Kier molecular flexibility index (Phi) is 4.95. The molecule has 0 atom stereocenters. The molecule has 2 fully saturated rings. The molecule has 2 aromatic rings. The van der Waals surface area contributed by atoms with E-state index in [-0.39, 0.29) is 17.8 Å². The van der Waals surface area contributed by atoms with E-state index in [4.69, 9.17) is 4.74 Å². The van der Waals surface area contributed by atoms with Gasteiger partial charge in [0.15, 0.2) is 5.65 Å². The summed E-state index contributed by atoms with van der Waals surface area (Å²) in [6, 6.07) is 0. The highest BCUT2D eigenvalue weighted by Gasteiger charge is 2.34. The van der Waals surface area contributed by atoms with Gasteiger partial charge < -0.3 is 14.5 Å². The van der Waals surface area contributed by atoms with Gasteiger partial charge in [0.05, 0.1) is 23.4 Å². The van der Waals surface area contributed by atoms with E-state index in [2.05, 4.69) is 15.0 Å². The van der Waals surface area contributed by atoms with Crippen LogP contribution in [0.2, 0.25) is 0 Å². The van der Waals surface area contributed by atoms with Crippen molar-refractivity contribution in [2.24, 2.45) is 13.0 Å². The average Bonchev–Trinajstić information content (AvgIpc) is 3.50. The fourth-order valence-corrected chi connectivity index (χ4v) is 4.03. The first kappa shape index (κ1) is 18.7. The maximum atomic E-state index is 12.6. The highest BCUT2D eigenvalue weighted by molar-refractivity contribution is 6.05. The highest BCUT2D eigenvalue weighted by Crippen LogP contribution is 2.34. The van der Waals surface area contributed by atoms with Gasteiger partial charge in [0.25, 0.3) is 0 Å². The van der Waals surface area contributed by atoms with Crippen molar-refractivity contribution in [3.8, 4) is 0 Å². The summed E-state index contributed by atoms with van der Waals surface area (Å²) in [5.74, 6) is 0.144. The van der Waals surface area contributed by atoms with Crippen molar-refractivity contribution >= 4 is 28.6 Å². The molecule has 1 aliphatic carbocycles. The molecule has 0 aromatic carbocycles. The lowest BCUT2D eigenvalue weighted by Gasteiger charge is -2.26. The molecule has 0 spiro atoms. The van der Waals surface area contributed by atoms with Gasteiger partial charge in [0.1, 0.15) is 5.56 Å². The largest absolute Gasteiger partial charge is 0.462 e. The third kappa shape index (κ3) is 3.31. The third-order valence-electron chi connectivity index (χ3n) is 5.55. The summed E-state index contributed by atoms with van der Waals surface area (Å²) in [7, 11) is 1.86. The lowest BCUT2D eigenvalue weighted by atomic mass is 10.1. The minimum Gasteiger partial charge on any atom is -0.462 e. The molecule has 1 saturated heterocycles. The smallest absolute Gasteiger partial charge is 0.341 e. The van der Waals surface area contributed by atoms with Gasteiger partial charge in [-0.25, -0.2) is 9.78 Å². The molecule has 3 heterocycles. The standard InChI is InChI=1S/C20H27N5O3/c1-4-28-20(27)15-12-21-18-16(13(2)22-23(18)3)17(15)24-8-5-9-25(11-10-24)19(26)14-6-7-14/h12,14H,4-11H2,1-3H3. The van der Waals surface area contributed by atoms with Crippen molar-refractivity contribution in [3.05, 3.63) is 17.5 Å². The molecule has 1 saturated carbocycles. The summed E-state index contributed by atoms with van der Waals surface area (Å²) in [5.41, 5.74) is 2.87. The lowest BCUT2D eigenvalue weighted by molar-refractivity contribution is -0.132. The lowest BCUT2D eigenvalue weighted by Crippen LogP contribution is -2.36. The maximum Gasteiger partial charge on any atom is 0.341 e. The monoisotopic (exact) mass is 385 g/mol. The van der Waals surface area contributed by atoms with Gasteiger partial charge in [-0.15, -0.1) is 0 Å². The fourth-order valence-electron chi connectivity index (χ4n) is 4.03. The van der Waals surface area contributed by atoms with Crippen LogP contribution in [0.25, 0.3) is 11.0 Å². The number of rotatable bonds is 4. The first-order valence-electron chi connectivity index (χ1n) is 10.0. The molecule has 2 aromatic heterocycles. The molecule has 0 N–H and O–H groups in total. The van der Waals surface area contributed by atoms with E-state index in [0.717, 1.165) is 54.8 Å². The van der Waals surface area contributed by atoms with Gasteiger partial charge in [-0.3, -0.25) is 9.48 Å². The van der Waals surface area contributed by atoms with Crippen LogP contribution in [0, 0.1) is 12.8 Å². The van der Waals surface area contributed by atoms with Gasteiger partial charge in [0.2, 0.25) is 5.91 Å². The molecule has 0 radical (unpaired) electrons. The van der Waals surface area contributed by atoms with Gasteiger partial charge >= 0.3 is 5.97 Å². The second kappa shape index (κ2) is 7.41. The first-order chi connectivity index (χ1) is 13.5. The minimum atomic E-state index is -0.370. The molecular formula is C20H27N5O3. The Balaban J connectivity index is 1.72. The molecule has 1 amide bonds. The van der Waals surface area contributed by atoms with Crippen LogP contribution in [0.4, 0.5) is 5.69 Å². The Hall–Kier alpha value is -2.64. The number of aryl methyl sites for hydroxylation is 2. The molecule has 4 rings (SSSR count). The van der Waals surface area contributed by atoms with Crippen LogP contribution in [0.5, 0.6) is 0 Å². The van der Waals surface area contributed by atoms with Crippen LogP contribution in [-0.2, 0) is 16.6 Å². The Bertz CT molecular complexity index is 918. The summed E-state index contributed by atoms with van der Waals surface area (Å²) < 4.78 is 7.03. The van der Waals surface area contributed by atoms with Crippen LogP contribution >= 0.6 is 0 Å². The molecule has 2 aliphatic rings. The van der Waals surface area contributed by atoms with Crippen molar-refractivity contribution in [1.29, 1.82) is 0 Å². The van der Waals surface area contributed by atoms with Crippen LogP contribution in [0.3, 0.4) is 0 Å². The van der Waals surface area contributed by atoms with E-state index in [1.807, 2.05) is 18.9 Å². The predicted octanol–water partition coefficient (Wildman–Crippen LogP) is 1.90. The second-order valence-corrected chi connectivity index (χ2v) is 7.59. The number of amides is 1. The summed E-state index contributed by atoms with van der Waals surface area (Å²) in [6.07, 6.45) is 4.50. The second-order valence-electron chi connectivity index (χ2n) is 7.59. The van der Waals surface area contributed by atoms with Gasteiger partial charge in [0, 0.05) is 45.3 Å². The molecule has 0 unspecified atom stereocenters. The van der Waals surface area contributed by atoms with Crippen LogP contribution in [0.15, 0.2) is 6.20 Å². The maximum absolute atomic E-state index is 12.6. The summed E-state index contributed by atoms with van der Waals surface area (Å²) in [6.45, 7) is 6.93. The van der Waals surface area contributed by atoms with Crippen LogP contribution in [0.1, 0.15) is 42.2 Å². The fraction of sp³-hybridized carbons (Fsp3) is 0.600. The number of esters is 1. The number of hydrogen-bond acceptors (Lipinski definition) is 6. The molecular weight excluding hydrogens is 358 g/mol. The zero-order valence-corrected chi connectivity index (χ0v) is 16.8. The van der Waals surface area contributed by atoms with E-state index >= 15 is 0 Å². The Morgan fingerprint density at radius 3 is 2.71 bits per heavy atom. The number of hydrogen-bond donors (Lipinski definition) is 0. The van der Waals surface area contributed by atoms with E-state index in [1.165, 1.54) is 0 Å². The molecule has 8 heteroatoms. The number of carbonyl (C=O) groups excluding carboxylic acids is 2. The van der Waals surface area contributed by atoms with Crippen molar-refractivity contribution in [2.75, 3.05) is 37.7 Å². The van der Waals surface area contributed by atoms with Gasteiger partial charge in [-0.05, 0) is 33.1 Å². The highest BCUT2D eigenvalue weighted by atomic mass is 16.5. The van der Waals surface area contributed by atoms with E-state index in [0.29, 0.717) is 25.3 Å². The number of fused-ring (bicyclic) bond motifs is 1. The minimum absolute atomic E-state index is 0.231. The first-order valence-corrected chi connectivity index (χ1v) is 10.0. The number of carbonyl (C=O) groups is 2. The Labute approximate surface area is 164 Å². The zero-order chi connectivity index (χ0) is 19.8. The number of anilines is 1. The average molecular weight is 385 g/mol. The Morgan fingerprint density at radius 1 is 1.21 bits per heavy atom. The predicted molar refractivity (Wildman–Crippen MR) is 105 cm³/mol. The summed E-state index contributed by atoms with van der Waals surface area (Å²) in [4.78, 5) is 33.8. The van der Waals surface area contributed by atoms with Crippen LogP contribution < -0.4 is 4.90 Å². The molecule has 28 heavy (non-hydrogen) atoms. The van der Waals surface area contributed by atoms with E-state index < -0.39 is 0 Å². The molecule has 150 valence electrons. The van der Waals surface area contributed by atoms with Crippen molar-refractivity contribution in [2.45, 2.75) is 33.1 Å². The van der Waals surface area contributed by atoms with Crippen molar-refractivity contribution in [3.63, 3.8) is 0 Å². The zero-order valence-electron chi connectivity index (χ0n) is 16.8. The molecule has 1 aliphatic heterocycles. The van der Waals surface area contributed by atoms with Crippen molar-refractivity contribution < 1.29 is 14.3 Å². The number of aromatic nitrogens is 3. The quantitative estimate of drug-likeness (QED) is 0.748.